The molecule has 0 aliphatic carbocycles. The van der Waals surface area contributed by atoms with Gasteiger partial charge in [0.1, 0.15) is 11.7 Å². The van der Waals surface area contributed by atoms with Crippen LogP contribution in [0.25, 0.3) is 0 Å². The van der Waals surface area contributed by atoms with Crippen molar-refractivity contribution in [1.82, 2.24) is 9.88 Å². The molecular formula is C13H19N3O3S. The lowest BCUT2D eigenvalue weighted by molar-refractivity contribution is -0.144. The molecule has 0 spiro atoms. The van der Waals surface area contributed by atoms with Crippen molar-refractivity contribution in [2.24, 2.45) is 11.7 Å². The minimum Gasteiger partial charge on any atom is -0.480 e. The number of thiazole rings is 1. The van der Waals surface area contributed by atoms with Crippen molar-refractivity contribution in [1.29, 1.82) is 0 Å². The van der Waals surface area contributed by atoms with E-state index in [-0.39, 0.29) is 5.91 Å². The Balaban J connectivity index is 2.15. The van der Waals surface area contributed by atoms with Crippen LogP contribution in [0.3, 0.4) is 0 Å². The van der Waals surface area contributed by atoms with E-state index in [1.807, 2.05) is 6.92 Å². The Kier molecular flexibility index (Phi) is 4.72. The van der Waals surface area contributed by atoms with E-state index in [9.17, 15) is 14.7 Å². The second-order valence-corrected chi connectivity index (χ2v) is 6.09. The number of nitrogens with zero attached hydrogens (tertiary/aromatic N) is 2. The topological polar surface area (TPSA) is 96.5 Å². The summed E-state index contributed by atoms with van der Waals surface area (Å²) in [5.74, 6) is -0.908. The fraction of sp³-hybridized carbons (Fsp3) is 0.615. The Morgan fingerprint density at radius 2 is 2.35 bits per heavy atom. The number of rotatable bonds is 4. The summed E-state index contributed by atoms with van der Waals surface area (Å²) >= 11 is 1.39. The molecular weight excluding hydrogens is 278 g/mol. The fourth-order valence-electron chi connectivity index (χ4n) is 2.41. The van der Waals surface area contributed by atoms with Crippen LogP contribution in [0.1, 0.15) is 35.3 Å². The van der Waals surface area contributed by atoms with E-state index in [0.717, 1.165) is 11.4 Å². The lowest BCUT2D eigenvalue weighted by Gasteiger charge is -2.35. The molecule has 3 N–H and O–H groups in total. The Morgan fingerprint density at radius 1 is 1.60 bits per heavy atom. The minimum absolute atomic E-state index is 0.288. The molecule has 0 aromatic carbocycles. The predicted octanol–water partition coefficient (Wildman–Crippen LogP) is 0.970. The van der Waals surface area contributed by atoms with Crippen LogP contribution in [0.2, 0.25) is 0 Å². The third-order valence-corrected chi connectivity index (χ3v) is 4.45. The number of carboxylic acids is 1. The highest BCUT2D eigenvalue weighted by Gasteiger charge is 2.35. The van der Waals surface area contributed by atoms with E-state index >= 15 is 0 Å². The molecule has 2 atom stereocenters. The van der Waals surface area contributed by atoms with Gasteiger partial charge >= 0.3 is 5.97 Å². The van der Waals surface area contributed by atoms with Crippen LogP contribution in [0.15, 0.2) is 5.38 Å². The van der Waals surface area contributed by atoms with E-state index in [4.69, 9.17) is 5.73 Å². The lowest BCUT2D eigenvalue weighted by atomic mass is 9.92. The Morgan fingerprint density at radius 3 is 3.00 bits per heavy atom. The maximum absolute atomic E-state index is 12.4. The number of nitrogens with two attached hydrogens (primary N) is 1. The van der Waals surface area contributed by atoms with E-state index in [0.29, 0.717) is 37.5 Å². The fourth-order valence-corrected chi connectivity index (χ4v) is 3.20. The van der Waals surface area contributed by atoms with Crippen molar-refractivity contribution >= 4 is 23.2 Å². The summed E-state index contributed by atoms with van der Waals surface area (Å²) in [7, 11) is 0. The number of hydrogen-bond acceptors (Lipinski definition) is 5. The quantitative estimate of drug-likeness (QED) is 0.863. The molecule has 1 aliphatic heterocycles. The van der Waals surface area contributed by atoms with Gasteiger partial charge in [-0.1, -0.05) is 6.92 Å². The number of carboxylic acid groups (broad SMARTS) is 1. The highest BCUT2D eigenvalue weighted by molar-refractivity contribution is 7.09. The maximum Gasteiger partial charge on any atom is 0.326 e. The van der Waals surface area contributed by atoms with Gasteiger partial charge in [-0.05, 0) is 25.3 Å². The SMILES string of the molecule is CC1CCN(C(=O)c2csc(CCN)n2)C(C(=O)O)C1. The smallest absolute Gasteiger partial charge is 0.326 e. The van der Waals surface area contributed by atoms with Gasteiger partial charge in [-0.3, -0.25) is 4.79 Å². The van der Waals surface area contributed by atoms with E-state index in [1.165, 1.54) is 16.2 Å². The molecule has 0 radical (unpaired) electrons. The molecule has 110 valence electrons. The van der Waals surface area contributed by atoms with Crippen LogP contribution >= 0.6 is 11.3 Å². The third-order valence-electron chi connectivity index (χ3n) is 3.54. The molecule has 1 fully saturated rings. The lowest BCUT2D eigenvalue weighted by Crippen LogP contribution is -2.49. The van der Waals surface area contributed by atoms with E-state index in [2.05, 4.69) is 4.98 Å². The van der Waals surface area contributed by atoms with Gasteiger partial charge in [0, 0.05) is 18.3 Å². The number of hydrogen-bond donors (Lipinski definition) is 2. The second kappa shape index (κ2) is 6.32. The number of likely N-dealkylation sites (tertiary alicyclic amines) is 1. The summed E-state index contributed by atoms with van der Waals surface area (Å²) in [5.41, 5.74) is 5.79. The van der Waals surface area contributed by atoms with Crippen molar-refractivity contribution in [2.45, 2.75) is 32.2 Å². The second-order valence-electron chi connectivity index (χ2n) is 5.15. The van der Waals surface area contributed by atoms with E-state index in [1.54, 1.807) is 5.38 Å². The van der Waals surface area contributed by atoms with Gasteiger partial charge in [0.25, 0.3) is 5.91 Å². The molecule has 1 aromatic heterocycles. The van der Waals surface area contributed by atoms with Crippen LogP contribution < -0.4 is 5.73 Å². The maximum atomic E-state index is 12.4. The monoisotopic (exact) mass is 297 g/mol. The molecule has 1 amide bonds. The minimum atomic E-state index is -0.942. The van der Waals surface area contributed by atoms with Gasteiger partial charge in [0.2, 0.25) is 0 Å². The predicted molar refractivity (Wildman–Crippen MR) is 75.7 cm³/mol. The average Bonchev–Trinajstić information content (AvgIpc) is 2.87. The first-order chi connectivity index (χ1) is 9.52. The van der Waals surface area contributed by atoms with Gasteiger partial charge in [0.15, 0.2) is 0 Å². The molecule has 0 bridgehead atoms. The summed E-state index contributed by atoms with van der Waals surface area (Å²) < 4.78 is 0. The Labute approximate surface area is 121 Å². The van der Waals surface area contributed by atoms with Crippen molar-refractivity contribution in [3.8, 4) is 0 Å². The summed E-state index contributed by atoms with van der Waals surface area (Å²) in [6, 6.07) is -0.745. The van der Waals surface area contributed by atoms with Crippen molar-refractivity contribution in [2.75, 3.05) is 13.1 Å². The summed E-state index contributed by atoms with van der Waals surface area (Å²) in [4.78, 5) is 29.4. The Bertz CT molecular complexity index is 503. The Hall–Kier alpha value is -1.47. The standard InChI is InChI=1S/C13H19N3O3S/c1-8-3-5-16(10(6-8)13(18)19)12(17)9-7-20-11(15-9)2-4-14/h7-8,10H,2-6,14H2,1H3,(H,18,19). The van der Waals surface area contributed by atoms with Gasteiger partial charge in [-0.2, -0.15) is 0 Å². The van der Waals surface area contributed by atoms with Crippen molar-refractivity contribution in [3.63, 3.8) is 0 Å². The molecule has 1 aromatic rings. The summed E-state index contributed by atoms with van der Waals surface area (Å²) in [6.07, 6.45) is 1.97. The third kappa shape index (κ3) is 3.16. The van der Waals surface area contributed by atoms with Crippen LogP contribution in [0.5, 0.6) is 0 Å². The highest BCUT2D eigenvalue weighted by atomic mass is 32.1. The van der Waals surface area contributed by atoms with Crippen molar-refractivity contribution in [3.05, 3.63) is 16.1 Å². The number of carbonyl (C=O) groups excluding carboxylic acids is 1. The van der Waals surface area contributed by atoms with Gasteiger partial charge < -0.3 is 15.7 Å². The highest BCUT2D eigenvalue weighted by Crippen LogP contribution is 2.25. The van der Waals surface area contributed by atoms with Gasteiger partial charge in [-0.15, -0.1) is 11.3 Å². The first kappa shape index (κ1) is 14.9. The zero-order valence-corrected chi connectivity index (χ0v) is 12.2. The van der Waals surface area contributed by atoms with E-state index < -0.39 is 12.0 Å². The zero-order chi connectivity index (χ0) is 14.7. The number of amides is 1. The van der Waals surface area contributed by atoms with Crippen molar-refractivity contribution < 1.29 is 14.7 Å². The normalized spacial score (nSPS) is 22.8. The molecule has 2 rings (SSSR count). The van der Waals surface area contributed by atoms with Crippen LogP contribution in [0.4, 0.5) is 0 Å². The molecule has 2 unspecified atom stereocenters. The number of carbonyl (C=O) groups is 2. The summed E-state index contributed by atoms with van der Waals surface area (Å²) in [5, 5.41) is 11.8. The van der Waals surface area contributed by atoms with Crippen LogP contribution in [-0.4, -0.2) is 46.0 Å². The van der Waals surface area contributed by atoms with Gasteiger partial charge in [-0.25, -0.2) is 9.78 Å². The number of piperidine rings is 1. The zero-order valence-electron chi connectivity index (χ0n) is 11.4. The number of aromatic nitrogens is 1. The average molecular weight is 297 g/mol. The first-order valence-corrected chi connectivity index (χ1v) is 7.59. The molecule has 6 nitrogen and oxygen atoms in total. The molecule has 1 saturated heterocycles. The van der Waals surface area contributed by atoms with Crippen LogP contribution in [0, 0.1) is 5.92 Å². The molecule has 2 heterocycles. The van der Waals surface area contributed by atoms with Gasteiger partial charge in [0.05, 0.1) is 5.01 Å². The largest absolute Gasteiger partial charge is 0.480 e. The summed E-state index contributed by atoms with van der Waals surface area (Å²) in [6.45, 7) is 2.97. The molecule has 0 saturated carbocycles. The molecule has 20 heavy (non-hydrogen) atoms. The van der Waals surface area contributed by atoms with Crippen LogP contribution in [-0.2, 0) is 11.2 Å². The molecule has 7 heteroatoms. The number of aliphatic carboxylic acids is 1. The first-order valence-electron chi connectivity index (χ1n) is 6.71. The molecule has 1 aliphatic rings.